The van der Waals surface area contributed by atoms with Gasteiger partial charge in [0.05, 0.1) is 19.1 Å². The van der Waals surface area contributed by atoms with E-state index >= 15 is 4.11 Å². The lowest BCUT2D eigenvalue weighted by Gasteiger charge is -2.43. The molecule has 238 valence electrons. The largest absolute Gasteiger partial charge is 0.490 e. The van der Waals surface area contributed by atoms with E-state index in [0.717, 1.165) is 27.6 Å². The highest BCUT2D eigenvalue weighted by Gasteiger charge is 2.48. The molecule has 3 N–H and O–H groups in total. The third kappa shape index (κ3) is 7.46. The van der Waals surface area contributed by atoms with Crippen LogP contribution in [0.5, 0.6) is 5.75 Å². The van der Waals surface area contributed by atoms with Crippen LogP contribution >= 0.6 is 0 Å². The van der Waals surface area contributed by atoms with Gasteiger partial charge < -0.3 is 33.9 Å². The van der Waals surface area contributed by atoms with Crippen LogP contribution in [0.3, 0.4) is 0 Å². The Morgan fingerprint density at radius 1 is 1.11 bits per heavy atom. The molecule has 0 fully saturated rings. The number of aliphatic hydroxyl groups excluding tert-OH is 1. The Bertz CT molecular complexity index is 1620. The summed E-state index contributed by atoms with van der Waals surface area (Å²) in [4.78, 5) is 31.4. The van der Waals surface area contributed by atoms with Gasteiger partial charge in [-0.25, -0.2) is 0 Å². The van der Waals surface area contributed by atoms with Gasteiger partial charge in [-0.3, -0.25) is 9.59 Å². The monoisotopic (exact) mass is 631 g/mol. The standard InChI is InChI=1S/C35H42FN3O5Si/c1-23-34(43-2)28-19-26(38-32(41)18-25-21-37-29-13-9-8-12-27(25)29)14-15-30(28)44-35(23)31(45(3,4)36)20-33(42)39(16-17-40)22-24-10-6-5-7-11-24/h5-15,19,21,23,31,34-35,37,40H,16-18,20,22H2,1-4H3,(H,38,41)/t23-,31?,34-,35-/m1/s1. The summed E-state index contributed by atoms with van der Waals surface area (Å²) in [5.74, 6) is -0.102. The molecular weight excluding hydrogens is 589 g/mol. The second-order valence-electron chi connectivity index (χ2n) is 12.3. The summed E-state index contributed by atoms with van der Waals surface area (Å²) in [7, 11) is -1.83. The Labute approximate surface area is 264 Å². The van der Waals surface area contributed by atoms with Crippen LogP contribution in [0.15, 0.2) is 79.0 Å². The van der Waals surface area contributed by atoms with Crippen molar-refractivity contribution in [3.05, 3.63) is 95.7 Å². The van der Waals surface area contributed by atoms with Gasteiger partial charge in [-0.1, -0.05) is 55.5 Å². The van der Waals surface area contributed by atoms with Crippen molar-refractivity contribution in [1.29, 1.82) is 0 Å². The van der Waals surface area contributed by atoms with Crippen LogP contribution in [0.4, 0.5) is 9.80 Å². The van der Waals surface area contributed by atoms with Gasteiger partial charge in [-0.2, -0.15) is 0 Å². The number of para-hydroxylation sites is 1. The maximum Gasteiger partial charge on any atom is 0.248 e. The number of rotatable bonds is 12. The van der Waals surface area contributed by atoms with Crippen molar-refractivity contribution in [3.8, 4) is 5.75 Å². The van der Waals surface area contributed by atoms with Gasteiger partial charge in [-0.05, 0) is 48.5 Å². The van der Waals surface area contributed by atoms with Crippen molar-refractivity contribution in [2.24, 2.45) is 5.92 Å². The Morgan fingerprint density at radius 3 is 2.56 bits per heavy atom. The molecule has 2 amide bonds. The predicted molar refractivity (Wildman–Crippen MR) is 176 cm³/mol. The number of ether oxygens (including phenoxy) is 2. The first-order valence-electron chi connectivity index (χ1n) is 15.4. The number of halogens is 1. The lowest BCUT2D eigenvalue weighted by molar-refractivity contribution is -0.133. The number of aliphatic hydroxyl groups is 1. The molecule has 4 atom stereocenters. The first-order valence-corrected chi connectivity index (χ1v) is 18.3. The van der Waals surface area contributed by atoms with Gasteiger partial charge >= 0.3 is 0 Å². The first kappa shape index (κ1) is 32.4. The number of hydrogen-bond acceptors (Lipinski definition) is 5. The number of methoxy groups -OCH3 is 1. The normalized spacial score (nSPS) is 18.6. The molecule has 1 unspecified atom stereocenters. The molecule has 0 radical (unpaired) electrons. The second-order valence-corrected chi connectivity index (χ2v) is 16.2. The van der Waals surface area contributed by atoms with E-state index in [2.05, 4.69) is 10.3 Å². The SMILES string of the molecule is CO[C@H]1c2cc(NC(=O)Cc3c[nH]c4ccccc34)ccc2O[C@@H](C(CC(=O)N(CCO)Cc2ccccc2)[Si](C)(C)F)[C@@H]1C. The maximum atomic E-state index is 16.1. The van der Waals surface area contributed by atoms with Gasteiger partial charge in [0.1, 0.15) is 11.9 Å². The van der Waals surface area contributed by atoms with Gasteiger partial charge in [0, 0.05) is 66.4 Å². The van der Waals surface area contributed by atoms with Crippen LogP contribution < -0.4 is 10.1 Å². The van der Waals surface area contributed by atoms with Gasteiger partial charge in [-0.15, -0.1) is 0 Å². The average Bonchev–Trinajstić information content (AvgIpc) is 3.42. The minimum absolute atomic E-state index is 0.0364. The average molecular weight is 632 g/mol. The minimum atomic E-state index is -3.44. The van der Waals surface area contributed by atoms with E-state index in [1.807, 2.05) is 73.8 Å². The number of hydrogen-bond donors (Lipinski definition) is 3. The molecule has 1 aliphatic rings. The molecule has 8 nitrogen and oxygen atoms in total. The number of nitrogens with one attached hydrogen (secondary N) is 2. The van der Waals surface area contributed by atoms with Gasteiger partial charge in [0.2, 0.25) is 20.2 Å². The molecule has 45 heavy (non-hydrogen) atoms. The van der Waals surface area contributed by atoms with E-state index in [9.17, 15) is 14.7 Å². The van der Waals surface area contributed by atoms with Crippen molar-refractivity contribution in [2.75, 3.05) is 25.6 Å². The van der Waals surface area contributed by atoms with E-state index in [1.54, 1.807) is 37.2 Å². The zero-order chi connectivity index (χ0) is 32.1. The van der Waals surface area contributed by atoms with Crippen LogP contribution in [-0.4, -0.2) is 61.6 Å². The fraction of sp³-hybridized carbons (Fsp3) is 0.371. The molecule has 0 spiro atoms. The van der Waals surface area contributed by atoms with Crippen molar-refractivity contribution in [2.45, 2.75) is 57.2 Å². The number of benzene rings is 3. The van der Waals surface area contributed by atoms with Crippen molar-refractivity contribution in [3.63, 3.8) is 0 Å². The number of carbonyl (C=O) groups is 2. The molecule has 10 heteroatoms. The highest BCUT2D eigenvalue weighted by atomic mass is 28.4. The van der Waals surface area contributed by atoms with E-state index in [-0.39, 0.29) is 43.7 Å². The quantitative estimate of drug-likeness (QED) is 0.124. The molecule has 3 aromatic carbocycles. The minimum Gasteiger partial charge on any atom is -0.490 e. The van der Waals surface area contributed by atoms with Crippen LogP contribution in [0.1, 0.15) is 36.1 Å². The first-order chi connectivity index (χ1) is 21.6. The molecular formula is C35H42FN3O5Si. The molecule has 0 saturated carbocycles. The molecule has 0 aliphatic carbocycles. The molecule has 2 heterocycles. The number of carbonyl (C=O) groups excluding carboxylic acids is 2. The summed E-state index contributed by atoms with van der Waals surface area (Å²) in [5, 5.41) is 13.7. The van der Waals surface area contributed by atoms with Gasteiger partial charge in [0.25, 0.3) is 0 Å². The number of amides is 2. The highest BCUT2D eigenvalue weighted by Crippen LogP contribution is 2.48. The van der Waals surface area contributed by atoms with Crippen LogP contribution in [-0.2, 0) is 27.3 Å². The summed E-state index contributed by atoms with van der Waals surface area (Å²) >= 11 is 0. The van der Waals surface area contributed by atoms with Crippen molar-refractivity contribution in [1.82, 2.24) is 9.88 Å². The molecule has 0 bridgehead atoms. The smallest absolute Gasteiger partial charge is 0.248 e. The molecule has 5 rings (SSSR count). The van der Waals surface area contributed by atoms with E-state index < -0.39 is 26.2 Å². The molecule has 4 aromatic rings. The van der Waals surface area contributed by atoms with Crippen LogP contribution in [0.2, 0.25) is 18.6 Å². The summed E-state index contributed by atoms with van der Waals surface area (Å²) in [6, 6.07) is 22.8. The Morgan fingerprint density at radius 2 is 1.84 bits per heavy atom. The highest BCUT2D eigenvalue weighted by molar-refractivity contribution is 6.72. The van der Waals surface area contributed by atoms with Crippen molar-refractivity contribution >= 4 is 36.8 Å². The zero-order valence-electron chi connectivity index (χ0n) is 26.3. The summed E-state index contributed by atoms with van der Waals surface area (Å²) in [6.45, 7) is 5.48. The fourth-order valence-electron chi connectivity index (χ4n) is 6.39. The number of aromatic nitrogens is 1. The maximum absolute atomic E-state index is 16.1. The van der Waals surface area contributed by atoms with Crippen molar-refractivity contribution < 1.29 is 28.3 Å². The lowest BCUT2D eigenvalue weighted by Crippen LogP contribution is -2.48. The fourth-order valence-corrected chi connectivity index (χ4v) is 8.21. The van der Waals surface area contributed by atoms with E-state index in [0.29, 0.717) is 18.0 Å². The molecule has 1 aromatic heterocycles. The Hall–Kier alpha value is -3.99. The topological polar surface area (TPSA) is 104 Å². The summed E-state index contributed by atoms with van der Waals surface area (Å²) in [6.07, 6.45) is 0.998. The second kappa shape index (κ2) is 14.0. The number of anilines is 1. The zero-order valence-corrected chi connectivity index (χ0v) is 27.3. The molecule has 0 saturated heterocycles. The molecule has 1 aliphatic heterocycles. The number of nitrogens with zero attached hydrogens (tertiary/aromatic N) is 1. The van der Waals surface area contributed by atoms with E-state index in [4.69, 9.17) is 9.47 Å². The predicted octanol–water partition coefficient (Wildman–Crippen LogP) is 6.39. The number of aromatic amines is 1. The summed E-state index contributed by atoms with van der Waals surface area (Å²) in [5.41, 5.74) is 3.55. The third-order valence-corrected chi connectivity index (χ3v) is 11.0. The number of fused-ring (bicyclic) bond motifs is 2. The van der Waals surface area contributed by atoms with Crippen LogP contribution in [0, 0.1) is 5.92 Å². The summed E-state index contributed by atoms with van der Waals surface area (Å²) < 4.78 is 28.5. The van der Waals surface area contributed by atoms with Crippen LogP contribution in [0.25, 0.3) is 10.9 Å². The van der Waals surface area contributed by atoms with E-state index in [1.165, 1.54) is 0 Å². The Balaban J connectivity index is 1.33. The Kier molecular flexibility index (Phi) is 10.1. The lowest BCUT2D eigenvalue weighted by atomic mass is 9.86. The third-order valence-electron chi connectivity index (χ3n) is 8.75. The van der Waals surface area contributed by atoms with Gasteiger partial charge in [0.15, 0.2) is 0 Å². The number of H-pyrrole nitrogens is 1.